The fraction of sp³-hybridized carbons (Fsp3) is 0.500. The number of ether oxygens (including phenoxy) is 1. The lowest BCUT2D eigenvalue weighted by Gasteiger charge is -2.48. The smallest absolute Gasteiger partial charge is 0.255 e. The number of carbonyl (C=O) groups excluding carboxylic acids is 1. The Morgan fingerprint density at radius 3 is 2.69 bits per heavy atom. The predicted octanol–water partition coefficient (Wildman–Crippen LogP) is 3.68. The van der Waals surface area contributed by atoms with E-state index in [9.17, 15) is 4.79 Å². The molecule has 0 aliphatic carbocycles. The molecule has 2 fully saturated rings. The number of carbonyl (C=O) groups is 1. The van der Waals surface area contributed by atoms with E-state index in [0.717, 1.165) is 57.6 Å². The van der Waals surface area contributed by atoms with Crippen molar-refractivity contribution in [3.05, 3.63) is 65.5 Å². The zero-order valence-electron chi connectivity index (χ0n) is 17.5. The molecule has 154 valence electrons. The number of pyridine rings is 1. The van der Waals surface area contributed by atoms with Crippen LogP contribution in [0.5, 0.6) is 0 Å². The van der Waals surface area contributed by atoms with E-state index in [4.69, 9.17) is 4.74 Å². The van der Waals surface area contributed by atoms with Crippen LogP contribution in [-0.2, 0) is 11.3 Å². The van der Waals surface area contributed by atoms with E-state index in [1.54, 1.807) is 6.20 Å². The molecular weight excluding hydrogens is 362 g/mol. The van der Waals surface area contributed by atoms with Gasteiger partial charge in [-0.2, -0.15) is 0 Å². The average Bonchev–Trinajstić information content (AvgIpc) is 2.75. The van der Waals surface area contributed by atoms with Gasteiger partial charge >= 0.3 is 0 Å². The van der Waals surface area contributed by atoms with Crippen molar-refractivity contribution in [2.24, 2.45) is 0 Å². The number of benzene rings is 1. The van der Waals surface area contributed by atoms with Crippen molar-refractivity contribution in [2.75, 3.05) is 26.7 Å². The highest BCUT2D eigenvalue weighted by Crippen LogP contribution is 2.37. The van der Waals surface area contributed by atoms with E-state index in [1.807, 2.05) is 24.0 Å². The number of hydrogen-bond acceptors (Lipinski definition) is 4. The van der Waals surface area contributed by atoms with Crippen LogP contribution in [0.3, 0.4) is 0 Å². The van der Waals surface area contributed by atoms with E-state index in [0.29, 0.717) is 11.6 Å². The number of amides is 1. The van der Waals surface area contributed by atoms with Crippen LogP contribution in [0.1, 0.15) is 47.3 Å². The van der Waals surface area contributed by atoms with Crippen molar-refractivity contribution < 1.29 is 9.53 Å². The summed E-state index contributed by atoms with van der Waals surface area (Å²) in [6.45, 7) is 5.17. The molecule has 1 amide bonds. The Kier molecular flexibility index (Phi) is 5.97. The molecule has 3 heterocycles. The summed E-state index contributed by atoms with van der Waals surface area (Å²) < 4.78 is 6.32. The van der Waals surface area contributed by atoms with Crippen LogP contribution in [0, 0.1) is 6.92 Å². The van der Waals surface area contributed by atoms with Crippen LogP contribution in [0.25, 0.3) is 0 Å². The van der Waals surface area contributed by atoms with Crippen molar-refractivity contribution in [1.29, 1.82) is 0 Å². The van der Waals surface area contributed by atoms with E-state index >= 15 is 0 Å². The highest BCUT2D eigenvalue weighted by molar-refractivity contribution is 5.95. The normalized spacial score (nSPS) is 21.5. The number of aryl methyl sites for hydroxylation is 1. The van der Waals surface area contributed by atoms with Crippen LogP contribution in [0.4, 0.5) is 0 Å². The fourth-order valence-electron chi connectivity index (χ4n) is 4.73. The van der Waals surface area contributed by atoms with Crippen LogP contribution in [0.15, 0.2) is 48.7 Å². The van der Waals surface area contributed by atoms with Crippen LogP contribution < -0.4 is 0 Å². The van der Waals surface area contributed by atoms with Gasteiger partial charge in [-0.1, -0.05) is 30.3 Å². The van der Waals surface area contributed by atoms with Gasteiger partial charge in [0.15, 0.2) is 0 Å². The fourth-order valence-corrected chi connectivity index (χ4v) is 4.73. The third-order valence-corrected chi connectivity index (χ3v) is 6.56. The van der Waals surface area contributed by atoms with Gasteiger partial charge in [0, 0.05) is 44.2 Å². The Morgan fingerprint density at radius 1 is 1.21 bits per heavy atom. The third-order valence-electron chi connectivity index (χ3n) is 6.56. The summed E-state index contributed by atoms with van der Waals surface area (Å²) in [6.07, 6.45) is 5.67. The lowest BCUT2D eigenvalue weighted by Crippen LogP contribution is -2.54. The topological polar surface area (TPSA) is 45.7 Å². The number of aromatic nitrogens is 1. The van der Waals surface area contributed by atoms with Crippen LogP contribution >= 0.6 is 0 Å². The first-order chi connectivity index (χ1) is 14.1. The quantitative estimate of drug-likeness (QED) is 0.795. The van der Waals surface area contributed by atoms with Crippen LogP contribution in [-0.4, -0.2) is 59.1 Å². The molecule has 2 aliphatic heterocycles. The van der Waals surface area contributed by atoms with Gasteiger partial charge in [0.05, 0.1) is 11.2 Å². The maximum atomic E-state index is 12.9. The molecule has 2 aliphatic rings. The molecule has 5 nitrogen and oxygen atoms in total. The first-order valence-electron chi connectivity index (χ1n) is 10.7. The Labute approximate surface area is 173 Å². The summed E-state index contributed by atoms with van der Waals surface area (Å²) in [6, 6.07) is 14.9. The molecule has 0 saturated carbocycles. The molecule has 0 N–H and O–H groups in total. The van der Waals surface area contributed by atoms with Gasteiger partial charge in [0.1, 0.15) is 0 Å². The number of piperidine rings is 1. The van der Waals surface area contributed by atoms with E-state index in [1.165, 1.54) is 5.56 Å². The van der Waals surface area contributed by atoms with Crippen molar-refractivity contribution in [3.63, 3.8) is 0 Å². The maximum Gasteiger partial charge on any atom is 0.255 e. The summed E-state index contributed by atoms with van der Waals surface area (Å²) in [5, 5.41) is 0. The molecule has 0 bridgehead atoms. The second-order valence-electron chi connectivity index (χ2n) is 8.51. The third kappa shape index (κ3) is 4.51. The van der Waals surface area contributed by atoms with Gasteiger partial charge in [-0.15, -0.1) is 0 Å². The summed E-state index contributed by atoms with van der Waals surface area (Å²) in [5.74, 6) is 0.0963. The van der Waals surface area contributed by atoms with Crippen molar-refractivity contribution in [2.45, 2.75) is 50.8 Å². The highest BCUT2D eigenvalue weighted by Gasteiger charge is 2.42. The summed E-state index contributed by atoms with van der Waals surface area (Å²) in [7, 11) is 2.22. The minimum atomic E-state index is -0.0887. The van der Waals surface area contributed by atoms with Gasteiger partial charge in [0.25, 0.3) is 5.91 Å². The SMILES string of the molecule is Cc1ncccc1C(=O)N1CCC2(CC1)CC(N(C)Cc1ccccc1)CCO2. The summed E-state index contributed by atoms with van der Waals surface area (Å²) in [4.78, 5) is 21.6. The number of rotatable bonds is 4. The molecule has 2 aromatic rings. The Balaban J connectivity index is 1.36. The Hall–Kier alpha value is -2.24. The van der Waals surface area contributed by atoms with Gasteiger partial charge in [0.2, 0.25) is 0 Å². The van der Waals surface area contributed by atoms with Crippen molar-refractivity contribution in [3.8, 4) is 0 Å². The molecule has 1 unspecified atom stereocenters. The molecule has 1 spiro atoms. The molecular formula is C24H31N3O2. The Morgan fingerprint density at radius 2 is 1.97 bits per heavy atom. The first-order valence-corrected chi connectivity index (χ1v) is 10.7. The predicted molar refractivity (Wildman–Crippen MR) is 114 cm³/mol. The molecule has 2 saturated heterocycles. The zero-order valence-corrected chi connectivity index (χ0v) is 17.5. The molecule has 5 heteroatoms. The molecule has 1 aromatic heterocycles. The largest absolute Gasteiger partial charge is 0.375 e. The molecule has 0 radical (unpaired) electrons. The maximum absolute atomic E-state index is 12.9. The highest BCUT2D eigenvalue weighted by atomic mass is 16.5. The van der Waals surface area contributed by atoms with E-state index in [2.05, 4.69) is 47.3 Å². The molecule has 1 atom stereocenters. The zero-order chi connectivity index (χ0) is 20.3. The van der Waals surface area contributed by atoms with Crippen molar-refractivity contribution >= 4 is 5.91 Å². The molecule has 29 heavy (non-hydrogen) atoms. The second kappa shape index (κ2) is 8.64. The van der Waals surface area contributed by atoms with Gasteiger partial charge in [-0.05, 0) is 57.4 Å². The molecule has 4 rings (SSSR count). The average molecular weight is 394 g/mol. The lowest BCUT2D eigenvalue weighted by atomic mass is 9.81. The first kappa shape index (κ1) is 20.0. The monoisotopic (exact) mass is 393 g/mol. The number of hydrogen-bond donors (Lipinski definition) is 0. The van der Waals surface area contributed by atoms with Gasteiger partial charge in [-0.3, -0.25) is 14.7 Å². The Bertz CT molecular complexity index is 831. The van der Waals surface area contributed by atoms with Gasteiger partial charge < -0.3 is 9.64 Å². The van der Waals surface area contributed by atoms with Crippen molar-refractivity contribution in [1.82, 2.24) is 14.8 Å². The lowest BCUT2D eigenvalue weighted by molar-refractivity contribution is -0.128. The van der Waals surface area contributed by atoms with E-state index < -0.39 is 0 Å². The van der Waals surface area contributed by atoms with Crippen LogP contribution in [0.2, 0.25) is 0 Å². The number of nitrogens with zero attached hydrogens (tertiary/aromatic N) is 3. The van der Waals surface area contributed by atoms with Gasteiger partial charge in [-0.25, -0.2) is 0 Å². The van der Waals surface area contributed by atoms with E-state index in [-0.39, 0.29) is 11.5 Å². The number of likely N-dealkylation sites (tertiary alicyclic amines) is 1. The second-order valence-corrected chi connectivity index (χ2v) is 8.51. The summed E-state index contributed by atoms with van der Waals surface area (Å²) >= 11 is 0. The minimum Gasteiger partial charge on any atom is -0.375 e. The molecule has 1 aromatic carbocycles. The standard InChI is InChI=1S/C24H31N3O2/c1-19-22(9-6-13-25-19)23(28)27-14-11-24(12-15-27)17-21(10-16-29-24)26(2)18-20-7-4-3-5-8-20/h3-9,13,21H,10-12,14-18H2,1-2H3. The minimum absolute atomic E-state index is 0.0887. The summed E-state index contributed by atoms with van der Waals surface area (Å²) in [5.41, 5.74) is 2.78.